The van der Waals surface area contributed by atoms with Crippen LogP contribution < -0.4 is 0 Å². The summed E-state index contributed by atoms with van der Waals surface area (Å²) in [7, 11) is 0. The smallest absolute Gasteiger partial charge is 0.0266 e. The van der Waals surface area contributed by atoms with Gasteiger partial charge in [0.15, 0.2) is 0 Å². The summed E-state index contributed by atoms with van der Waals surface area (Å²) in [5.74, 6) is 0.639. The minimum Gasteiger partial charge on any atom is -0.314 e. The summed E-state index contributed by atoms with van der Waals surface area (Å²) in [5, 5.41) is 10.2. The van der Waals surface area contributed by atoms with Gasteiger partial charge in [-0.1, -0.05) is 6.92 Å². The zero-order valence-corrected chi connectivity index (χ0v) is 5.01. The van der Waals surface area contributed by atoms with Gasteiger partial charge < -0.3 is 5.21 Å². The van der Waals surface area contributed by atoms with Gasteiger partial charge in [0.1, 0.15) is 0 Å². The van der Waals surface area contributed by atoms with Crippen LogP contribution in [0.15, 0.2) is 0 Å². The van der Waals surface area contributed by atoms with E-state index >= 15 is 0 Å². The predicted octanol–water partition coefficient (Wildman–Crippen LogP) is 0.922. The number of nitrogens with zero attached hydrogens (tertiary/aromatic N) is 1. The van der Waals surface area contributed by atoms with E-state index in [1.54, 1.807) is 0 Å². The van der Waals surface area contributed by atoms with E-state index in [1.165, 1.54) is 5.06 Å². The lowest BCUT2D eigenvalue weighted by Crippen LogP contribution is -2.14. The second-order valence-corrected chi connectivity index (χ2v) is 2.36. The zero-order chi connectivity index (χ0) is 5.98. The van der Waals surface area contributed by atoms with Crippen molar-refractivity contribution in [3.63, 3.8) is 0 Å². The number of hydroxylamine groups is 2. The molecule has 0 saturated carbocycles. The first-order valence-corrected chi connectivity index (χ1v) is 3.06. The van der Waals surface area contributed by atoms with Gasteiger partial charge >= 0.3 is 0 Å². The van der Waals surface area contributed by atoms with Crippen LogP contribution in [0.4, 0.5) is 0 Å². The molecule has 1 radical (unpaired) electrons. The van der Waals surface area contributed by atoms with Crippen LogP contribution in [0.2, 0.25) is 0 Å². The average molecular weight is 114 g/mol. The van der Waals surface area contributed by atoms with Crippen LogP contribution in [-0.4, -0.2) is 23.4 Å². The highest BCUT2D eigenvalue weighted by molar-refractivity contribution is 4.70. The predicted molar refractivity (Wildman–Crippen MR) is 31.4 cm³/mol. The summed E-state index contributed by atoms with van der Waals surface area (Å²) in [4.78, 5) is 0. The van der Waals surface area contributed by atoms with Gasteiger partial charge in [-0.3, -0.25) is 0 Å². The van der Waals surface area contributed by atoms with Crippen molar-refractivity contribution < 1.29 is 5.21 Å². The summed E-state index contributed by atoms with van der Waals surface area (Å²) in [6, 6.07) is 0. The highest BCUT2D eigenvalue weighted by Gasteiger charge is 2.18. The molecule has 0 amide bonds. The maximum atomic E-state index is 8.84. The van der Waals surface area contributed by atoms with E-state index in [0.717, 1.165) is 25.9 Å². The largest absolute Gasteiger partial charge is 0.314 e. The molecule has 0 aromatic rings. The normalized spacial score (nSPS) is 31.5. The molecule has 0 aromatic carbocycles. The molecule has 0 aliphatic carbocycles. The first-order chi connectivity index (χ1) is 3.83. The molecule has 47 valence electrons. The Morgan fingerprint density at radius 3 is 2.75 bits per heavy atom. The quantitative estimate of drug-likeness (QED) is 0.548. The fraction of sp³-hybridized carbons (Fsp3) is 0.833. The minimum atomic E-state index is 0.639. The molecule has 1 rings (SSSR count). The van der Waals surface area contributed by atoms with Crippen LogP contribution in [0.25, 0.3) is 0 Å². The van der Waals surface area contributed by atoms with E-state index in [0.29, 0.717) is 5.92 Å². The van der Waals surface area contributed by atoms with Gasteiger partial charge in [-0.05, 0) is 18.8 Å². The van der Waals surface area contributed by atoms with Crippen LogP contribution in [0.5, 0.6) is 0 Å². The van der Waals surface area contributed by atoms with Gasteiger partial charge in [0.05, 0.1) is 0 Å². The highest BCUT2D eigenvalue weighted by Crippen LogP contribution is 2.15. The summed E-state index contributed by atoms with van der Waals surface area (Å²) in [6.07, 6.45) is 2.07. The topological polar surface area (TPSA) is 23.5 Å². The van der Waals surface area contributed by atoms with E-state index < -0.39 is 0 Å². The number of hydrogen-bond donors (Lipinski definition) is 1. The summed E-state index contributed by atoms with van der Waals surface area (Å²) in [5.41, 5.74) is 0. The first-order valence-electron chi connectivity index (χ1n) is 3.06. The third-order valence-corrected chi connectivity index (χ3v) is 1.67. The van der Waals surface area contributed by atoms with Crippen LogP contribution >= 0.6 is 0 Å². The monoisotopic (exact) mass is 114 g/mol. The van der Waals surface area contributed by atoms with Crippen molar-refractivity contribution in [3.8, 4) is 0 Å². The molecule has 1 atom stereocenters. The molecule has 8 heavy (non-hydrogen) atoms. The maximum Gasteiger partial charge on any atom is 0.0266 e. The molecule has 0 bridgehead atoms. The van der Waals surface area contributed by atoms with E-state index in [9.17, 15) is 0 Å². The first kappa shape index (κ1) is 6.05. The van der Waals surface area contributed by atoms with Gasteiger partial charge in [-0.15, -0.1) is 0 Å². The van der Waals surface area contributed by atoms with Crippen molar-refractivity contribution in [2.24, 2.45) is 5.92 Å². The summed E-state index contributed by atoms with van der Waals surface area (Å²) >= 11 is 0. The Labute approximate surface area is 50.1 Å². The van der Waals surface area contributed by atoms with E-state index in [4.69, 9.17) is 5.21 Å². The lowest BCUT2D eigenvalue weighted by molar-refractivity contribution is -0.0712. The van der Waals surface area contributed by atoms with E-state index in [-0.39, 0.29) is 0 Å². The van der Waals surface area contributed by atoms with Crippen LogP contribution in [0.3, 0.4) is 0 Å². The van der Waals surface area contributed by atoms with Gasteiger partial charge in [0, 0.05) is 13.1 Å². The fourth-order valence-corrected chi connectivity index (χ4v) is 1.05. The lowest BCUT2D eigenvalue weighted by Gasteiger charge is -2.04. The molecular weight excluding hydrogens is 102 g/mol. The Kier molecular flexibility index (Phi) is 1.86. The SMILES string of the molecule is [CH2]CC1CCN(O)C1. The van der Waals surface area contributed by atoms with Crippen molar-refractivity contribution in [2.45, 2.75) is 12.8 Å². The molecule has 1 heterocycles. The zero-order valence-electron chi connectivity index (χ0n) is 5.01. The molecule has 1 aliphatic rings. The second-order valence-electron chi connectivity index (χ2n) is 2.36. The lowest BCUT2D eigenvalue weighted by atomic mass is 10.1. The molecule has 0 aromatic heterocycles. The van der Waals surface area contributed by atoms with Gasteiger partial charge in [-0.25, -0.2) is 0 Å². The Balaban J connectivity index is 2.22. The summed E-state index contributed by atoms with van der Waals surface area (Å²) < 4.78 is 0. The molecular formula is C6H12NO. The van der Waals surface area contributed by atoms with Crippen molar-refractivity contribution in [3.05, 3.63) is 6.92 Å². The van der Waals surface area contributed by atoms with Crippen molar-refractivity contribution >= 4 is 0 Å². The third-order valence-electron chi connectivity index (χ3n) is 1.67. The Morgan fingerprint density at radius 2 is 2.50 bits per heavy atom. The molecule has 1 unspecified atom stereocenters. The van der Waals surface area contributed by atoms with Crippen LogP contribution in [0.1, 0.15) is 12.8 Å². The van der Waals surface area contributed by atoms with Crippen LogP contribution in [-0.2, 0) is 0 Å². The standard InChI is InChI=1S/C6H12NO/c1-2-6-3-4-7(8)5-6/h6,8H,1-5H2. The molecule has 2 nitrogen and oxygen atoms in total. The van der Waals surface area contributed by atoms with E-state index in [1.807, 2.05) is 0 Å². The van der Waals surface area contributed by atoms with Crippen molar-refractivity contribution in [1.82, 2.24) is 5.06 Å². The van der Waals surface area contributed by atoms with Crippen molar-refractivity contribution in [1.29, 1.82) is 0 Å². The Bertz CT molecular complexity index is 74.9. The molecule has 1 N–H and O–H groups in total. The molecule has 2 heteroatoms. The minimum absolute atomic E-state index is 0.639. The van der Waals surface area contributed by atoms with Crippen molar-refractivity contribution in [2.75, 3.05) is 13.1 Å². The third kappa shape index (κ3) is 1.20. The molecule has 1 aliphatic heterocycles. The molecule has 1 saturated heterocycles. The Morgan fingerprint density at radius 1 is 1.75 bits per heavy atom. The van der Waals surface area contributed by atoms with Gasteiger partial charge in [0.2, 0.25) is 0 Å². The fourth-order valence-electron chi connectivity index (χ4n) is 1.05. The Hall–Kier alpha value is -0.0800. The molecule has 1 fully saturated rings. The van der Waals surface area contributed by atoms with Crippen LogP contribution in [0, 0.1) is 12.8 Å². The maximum absolute atomic E-state index is 8.84. The van der Waals surface area contributed by atoms with E-state index in [2.05, 4.69) is 6.92 Å². The number of hydrogen-bond acceptors (Lipinski definition) is 2. The highest BCUT2D eigenvalue weighted by atomic mass is 16.5. The summed E-state index contributed by atoms with van der Waals surface area (Å²) in [6.45, 7) is 5.42. The second kappa shape index (κ2) is 2.46. The molecule has 0 spiro atoms. The van der Waals surface area contributed by atoms with Gasteiger partial charge in [-0.2, -0.15) is 5.06 Å². The van der Waals surface area contributed by atoms with Gasteiger partial charge in [0.25, 0.3) is 0 Å². The average Bonchev–Trinajstić information content (AvgIpc) is 2.14. The number of rotatable bonds is 1.